The van der Waals surface area contributed by atoms with Gasteiger partial charge in [-0.3, -0.25) is 4.79 Å². The molecule has 1 aliphatic heterocycles. The molecule has 0 saturated carbocycles. The van der Waals surface area contributed by atoms with Gasteiger partial charge in [0.15, 0.2) is 5.17 Å². The van der Waals surface area contributed by atoms with Crippen LogP contribution in [0.4, 0.5) is 8.78 Å². The summed E-state index contributed by atoms with van der Waals surface area (Å²) in [6.45, 7) is 2.11. The molecule has 24 heavy (non-hydrogen) atoms. The summed E-state index contributed by atoms with van der Waals surface area (Å²) in [5.74, 6) is -2.53. The SMILES string of the molecule is CCCC/C=N\N=C1/NC(=O)[C@@H](Cc2ccc(SC(F)F)cc2)S1. The van der Waals surface area contributed by atoms with Crippen LogP contribution in [0.25, 0.3) is 0 Å². The lowest BCUT2D eigenvalue weighted by Gasteiger charge is -2.06. The fraction of sp³-hybridized carbons (Fsp3) is 0.438. The number of amidine groups is 1. The van der Waals surface area contributed by atoms with Crippen molar-refractivity contribution < 1.29 is 13.6 Å². The standard InChI is InChI=1S/C16H19F2N3OS2/c1-2-3-4-9-19-21-16-20-14(22)13(24-16)10-11-5-7-12(8-6-11)23-15(17)18/h5-9,13,15H,2-4,10H2,1H3,(H,20,21,22)/b19-9-/t13-/m1/s1. The maximum Gasteiger partial charge on any atom is 0.288 e. The highest BCUT2D eigenvalue weighted by Crippen LogP contribution is 2.27. The minimum Gasteiger partial charge on any atom is -0.303 e. The third-order valence-electron chi connectivity index (χ3n) is 3.26. The number of thioether (sulfide) groups is 2. The molecule has 0 bridgehead atoms. The first-order chi connectivity index (χ1) is 11.6. The molecule has 1 atom stereocenters. The van der Waals surface area contributed by atoms with Crippen LogP contribution >= 0.6 is 23.5 Å². The quantitative estimate of drug-likeness (QED) is 0.321. The number of hydrogen-bond donors (Lipinski definition) is 1. The number of alkyl halides is 2. The van der Waals surface area contributed by atoms with Crippen molar-refractivity contribution in [3.05, 3.63) is 29.8 Å². The Labute approximate surface area is 148 Å². The highest BCUT2D eigenvalue weighted by Gasteiger charge is 2.30. The zero-order valence-corrected chi connectivity index (χ0v) is 14.9. The molecule has 1 aliphatic rings. The molecular formula is C16H19F2N3OS2. The van der Waals surface area contributed by atoms with Crippen LogP contribution in [0.1, 0.15) is 31.7 Å². The molecule has 1 amide bonds. The highest BCUT2D eigenvalue weighted by atomic mass is 32.2. The van der Waals surface area contributed by atoms with E-state index < -0.39 is 5.76 Å². The average Bonchev–Trinajstić information content (AvgIpc) is 2.88. The smallest absolute Gasteiger partial charge is 0.288 e. The van der Waals surface area contributed by atoms with Crippen molar-refractivity contribution in [3.8, 4) is 0 Å². The molecule has 8 heteroatoms. The number of benzene rings is 1. The molecule has 0 aliphatic carbocycles. The Bertz CT molecular complexity index is 606. The largest absolute Gasteiger partial charge is 0.303 e. The molecule has 1 N–H and O–H groups in total. The van der Waals surface area contributed by atoms with Gasteiger partial charge in [0.1, 0.15) is 0 Å². The third kappa shape index (κ3) is 6.24. The fourth-order valence-corrected chi connectivity index (χ4v) is 3.52. The summed E-state index contributed by atoms with van der Waals surface area (Å²) >= 11 is 1.86. The molecule has 0 spiro atoms. The van der Waals surface area contributed by atoms with Gasteiger partial charge in [0.25, 0.3) is 5.76 Å². The van der Waals surface area contributed by atoms with Crippen LogP contribution in [0.15, 0.2) is 39.4 Å². The van der Waals surface area contributed by atoms with Gasteiger partial charge in [0, 0.05) is 11.1 Å². The Hall–Kier alpha value is -1.41. The number of unbranched alkanes of at least 4 members (excludes halogenated alkanes) is 2. The second-order valence-electron chi connectivity index (χ2n) is 5.17. The van der Waals surface area contributed by atoms with Crippen molar-refractivity contribution in [2.45, 2.75) is 48.5 Å². The van der Waals surface area contributed by atoms with E-state index in [1.807, 2.05) is 0 Å². The highest BCUT2D eigenvalue weighted by molar-refractivity contribution is 8.15. The Morgan fingerprint density at radius 3 is 2.79 bits per heavy atom. The first-order valence-electron chi connectivity index (χ1n) is 7.69. The van der Waals surface area contributed by atoms with Crippen LogP contribution in [0.3, 0.4) is 0 Å². The Morgan fingerprint density at radius 1 is 1.38 bits per heavy atom. The van der Waals surface area contributed by atoms with Crippen LogP contribution < -0.4 is 5.32 Å². The van der Waals surface area contributed by atoms with Crippen molar-refractivity contribution in [1.82, 2.24) is 5.32 Å². The number of rotatable bonds is 8. The summed E-state index contributed by atoms with van der Waals surface area (Å²) in [6.07, 6.45) is 5.31. The number of nitrogens with zero attached hydrogens (tertiary/aromatic N) is 2. The van der Waals surface area contributed by atoms with E-state index in [-0.39, 0.29) is 11.2 Å². The molecule has 0 aromatic heterocycles. The van der Waals surface area contributed by atoms with Crippen LogP contribution in [0.2, 0.25) is 0 Å². The zero-order valence-electron chi connectivity index (χ0n) is 13.2. The van der Waals surface area contributed by atoms with Gasteiger partial charge in [0.2, 0.25) is 5.91 Å². The third-order valence-corrected chi connectivity index (χ3v) is 5.06. The molecular weight excluding hydrogens is 352 g/mol. The van der Waals surface area contributed by atoms with Crippen molar-refractivity contribution >= 4 is 40.8 Å². The summed E-state index contributed by atoms with van der Waals surface area (Å²) < 4.78 is 24.6. The number of amides is 1. The number of carbonyl (C=O) groups is 1. The van der Waals surface area contributed by atoms with E-state index in [0.717, 1.165) is 24.8 Å². The minimum atomic E-state index is -2.43. The maximum atomic E-state index is 12.3. The first kappa shape index (κ1) is 18.9. The molecule has 1 aromatic rings. The van der Waals surface area contributed by atoms with E-state index in [9.17, 15) is 13.6 Å². The second kappa shape index (κ2) is 9.78. The first-order valence-corrected chi connectivity index (χ1v) is 9.45. The maximum absolute atomic E-state index is 12.3. The fourth-order valence-electron chi connectivity index (χ4n) is 2.05. The molecule has 1 saturated heterocycles. The minimum absolute atomic E-state index is 0.103. The van der Waals surface area contributed by atoms with E-state index >= 15 is 0 Å². The molecule has 1 aromatic carbocycles. The molecule has 1 heterocycles. The van der Waals surface area contributed by atoms with Gasteiger partial charge in [0.05, 0.1) is 5.25 Å². The van der Waals surface area contributed by atoms with Crippen molar-refractivity contribution in [2.75, 3.05) is 0 Å². The lowest BCUT2D eigenvalue weighted by atomic mass is 10.1. The number of carbonyl (C=O) groups excluding carboxylic acids is 1. The average molecular weight is 371 g/mol. The van der Waals surface area contributed by atoms with E-state index in [1.165, 1.54) is 11.8 Å². The zero-order chi connectivity index (χ0) is 17.4. The molecule has 130 valence electrons. The lowest BCUT2D eigenvalue weighted by Crippen LogP contribution is -2.25. The monoisotopic (exact) mass is 371 g/mol. The normalized spacial score (nSPS) is 19.6. The van der Waals surface area contributed by atoms with E-state index in [1.54, 1.807) is 30.5 Å². The molecule has 0 unspecified atom stereocenters. The van der Waals surface area contributed by atoms with Crippen molar-refractivity contribution in [1.29, 1.82) is 0 Å². The second-order valence-corrected chi connectivity index (χ2v) is 7.42. The summed E-state index contributed by atoms with van der Waals surface area (Å²) in [7, 11) is 0. The molecule has 2 rings (SSSR count). The lowest BCUT2D eigenvalue weighted by molar-refractivity contribution is -0.118. The number of nitrogens with one attached hydrogen (secondary N) is 1. The molecule has 0 radical (unpaired) electrons. The molecule has 4 nitrogen and oxygen atoms in total. The number of halogens is 2. The van der Waals surface area contributed by atoms with Crippen LogP contribution in [-0.2, 0) is 11.2 Å². The Morgan fingerprint density at radius 2 is 2.12 bits per heavy atom. The predicted molar refractivity (Wildman–Crippen MR) is 97.0 cm³/mol. The summed E-state index contributed by atoms with van der Waals surface area (Å²) in [5, 5.41) is 10.9. The Balaban J connectivity index is 1.87. The van der Waals surface area contributed by atoms with Gasteiger partial charge in [-0.1, -0.05) is 49.0 Å². The van der Waals surface area contributed by atoms with Crippen LogP contribution in [0, 0.1) is 0 Å². The van der Waals surface area contributed by atoms with Gasteiger partial charge in [-0.25, -0.2) is 0 Å². The number of hydrogen-bond acceptors (Lipinski definition) is 5. The van der Waals surface area contributed by atoms with E-state index in [4.69, 9.17) is 0 Å². The summed E-state index contributed by atoms with van der Waals surface area (Å²) in [4.78, 5) is 12.5. The van der Waals surface area contributed by atoms with E-state index in [2.05, 4.69) is 22.4 Å². The van der Waals surface area contributed by atoms with Crippen LogP contribution in [-0.4, -0.2) is 28.3 Å². The topological polar surface area (TPSA) is 53.8 Å². The van der Waals surface area contributed by atoms with Gasteiger partial charge >= 0.3 is 0 Å². The summed E-state index contributed by atoms with van der Waals surface area (Å²) in [5.41, 5.74) is 0.925. The molecule has 1 fully saturated rings. The van der Waals surface area contributed by atoms with E-state index in [0.29, 0.717) is 28.2 Å². The van der Waals surface area contributed by atoms with Gasteiger partial charge in [-0.2, -0.15) is 13.9 Å². The van der Waals surface area contributed by atoms with Crippen molar-refractivity contribution in [3.63, 3.8) is 0 Å². The van der Waals surface area contributed by atoms with Crippen molar-refractivity contribution in [2.24, 2.45) is 10.2 Å². The van der Waals surface area contributed by atoms with Gasteiger partial charge in [-0.15, -0.1) is 5.10 Å². The summed E-state index contributed by atoms with van der Waals surface area (Å²) in [6, 6.07) is 6.85. The predicted octanol–water partition coefficient (Wildman–Crippen LogP) is 4.31. The Kier molecular flexibility index (Phi) is 7.71. The van der Waals surface area contributed by atoms with Gasteiger partial charge in [-0.05, 0) is 37.0 Å². The van der Waals surface area contributed by atoms with Gasteiger partial charge < -0.3 is 5.32 Å². The van der Waals surface area contributed by atoms with Crippen LogP contribution in [0.5, 0.6) is 0 Å².